The molecule has 7 atom stereocenters. The quantitative estimate of drug-likeness (QED) is 0.0291. The Morgan fingerprint density at radius 1 is 0.655 bits per heavy atom. The lowest BCUT2D eigenvalue weighted by Crippen LogP contribution is -2.62. The third-order valence-corrected chi connectivity index (χ3v) is 18.7. The van der Waals surface area contributed by atoms with Gasteiger partial charge >= 0.3 is 0 Å². The van der Waals surface area contributed by atoms with Crippen LogP contribution in [-0.2, 0) is 56.0 Å². The number of hydrogen-bond donors (Lipinski definition) is 13. The predicted molar refractivity (Wildman–Crippen MR) is 324 cm³/mol. The summed E-state index contributed by atoms with van der Waals surface area (Å²) in [6.45, 7) is 5.78. The molecular formula is C57H87N15O10S2. The molecule has 9 amide bonds. The lowest BCUT2D eigenvalue weighted by Gasteiger charge is -2.43. The molecule has 1 aliphatic heterocycles. The van der Waals surface area contributed by atoms with Crippen LogP contribution in [0.4, 0.5) is 0 Å². The van der Waals surface area contributed by atoms with E-state index in [1.165, 1.54) is 21.6 Å². The van der Waals surface area contributed by atoms with Crippen LogP contribution in [-0.4, -0.2) is 138 Å². The van der Waals surface area contributed by atoms with Crippen LogP contribution in [0.5, 0.6) is 5.75 Å². The van der Waals surface area contributed by atoms with Crippen molar-refractivity contribution in [3.05, 3.63) is 65.7 Å². The number of benzene rings is 2. The highest BCUT2D eigenvalue weighted by Crippen LogP contribution is 2.57. The first-order valence-corrected chi connectivity index (χ1v) is 31.3. The van der Waals surface area contributed by atoms with Crippen LogP contribution in [0.15, 0.2) is 64.6 Å². The number of aliphatic imine (C=N–C) groups is 2. The number of hydrogen-bond acceptors (Lipinski definition) is 14. The zero-order valence-corrected chi connectivity index (χ0v) is 50.0. The van der Waals surface area contributed by atoms with Gasteiger partial charge in [0.05, 0.1) is 13.0 Å². The van der Waals surface area contributed by atoms with Gasteiger partial charge in [0.2, 0.25) is 53.2 Å². The molecule has 19 N–H and O–H groups in total. The lowest BCUT2D eigenvalue weighted by molar-refractivity contribution is -0.136. The first kappa shape index (κ1) is 67.5. The highest BCUT2D eigenvalue weighted by Gasteiger charge is 2.50. The molecule has 0 unspecified atom stereocenters. The molecule has 25 nitrogen and oxygen atoms in total. The molecule has 2 saturated carbocycles. The van der Waals surface area contributed by atoms with Gasteiger partial charge in [-0.3, -0.25) is 53.1 Å². The minimum absolute atomic E-state index is 0.0158. The first-order chi connectivity index (χ1) is 40.1. The number of nitrogens with two attached hydrogens (primary N) is 6. The van der Waals surface area contributed by atoms with Gasteiger partial charge in [-0.25, -0.2) is 0 Å². The molecule has 2 aliphatic carbocycles. The minimum Gasteiger partial charge on any atom is -0.494 e. The Hall–Kier alpha value is -7.29. The van der Waals surface area contributed by atoms with E-state index < -0.39 is 113 Å². The number of carbonyl (C=O) groups excluding carboxylic acids is 9. The summed E-state index contributed by atoms with van der Waals surface area (Å²) < 4.78 is 4.93. The maximum Gasteiger partial charge on any atom is 0.244 e. The Kier molecular flexibility index (Phi) is 27.2. The van der Waals surface area contributed by atoms with Gasteiger partial charge in [0.1, 0.15) is 48.0 Å². The Morgan fingerprint density at radius 3 is 1.71 bits per heavy atom. The fourth-order valence-electron chi connectivity index (χ4n) is 11.0. The van der Waals surface area contributed by atoms with Gasteiger partial charge in [-0.2, -0.15) is 0 Å². The van der Waals surface area contributed by atoms with Crippen LogP contribution >= 0.6 is 21.6 Å². The average Bonchev–Trinajstić information content (AvgIpc) is 2.31. The second kappa shape index (κ2) is 33.9. The molecule has 1 saturated heterocycles. The number of carbonyl (C=O) groups is 9. The van der Waals surface area contributed by atoms with E-state index in [0.717, 1.165) is 51.4 Å². The van der Waals surface area contributed by atoms with Gasteiger partial charge < -0.3 is 76.4 Å². The van der Waals surface area contributed by atoms with E-state index >= 15 is 4.79 Å². The summed E-state index contributed by atoms with van der Waals surface area (Å²) in [6, 6.07) is 6.52. The van der Waals surface area contributed by atoms with E-state index in [4.69, 9.17) is 39.1 Å². The van der Waals surface area contributed by atoms with Gasteiger partial charge in [-0.05, 0) is 99.3 Å². The lowest BCUT2D eigenvalue weighted by atomic mass is 9.76. The van der Waals surface area contributed by atoms with E-state index in [9.17, 15) is 38.4 Å². The number of amides is 9. The molecule has 84 heavy (non-hydrogen) atoms. The SMILES string of the molecule is CCOc1ccc(C[C@@H]2NC(=O)CC(C3CCCC3)(C3CCCC3)SSC[C@@H](C(=O)N[C@@H](CCCN=C(N)N)C(=O)N[C@H](CCCN=C(N)N)C(N)=O)NC(=O)[C@H](CC(N)=O)NC(=O)[C@H](C(C)C)NC(=O)[C@H](Cc3ccccc3)NC2=O)cc1. The second-order valence-electron chi connectivity index (χ2n) is 22.1. The second-order valence-corrected chi connectivity index (χ2v) is 24.8. The van der Waals surface area contributed by atoms with E-state index in [-0.39, 0.29) is 87.5 Å². The van der Waals surface area contributed by atoms with Gasteiger partial charge in [-0.15, -0.1) is 0 Å². The van der Waals surface area contributed by atoms with Gasteiger partial charge in [-0.1, -0.05) is 104 Å². The van der Waals surface area contributed by atoms with Gasteiger partial charge in [0.15, 0.2) is 11.9 Å². The fraction of sp³-hybridized carbons (Fsp3) is 0.596. The van der Waals surface area contributed by atoms with Crippen LogP contribution in [0, 0.1) is 17.8 Å². The van der Waals surface area contributed by atoms with Crippen molar-refractivity contribution in [1.29, 1.82) is 0 Å². The summed E-state index contributed by atoms with van der Waals surface area (Å²) in [5, 5.41) is 19.5. The molecule has 0 radical (unpaired) electrons. The van der Waals surface area contributed by atoms with Crippen molar-refractivity contribution in [3.63, 3.8) is 0 Å². The van der Waals surface area contributed by atoms with E-state index in [1.807, 2.05) is 19.1 Å². The van der Waals surface area contributed by atoms with Crippen molar-refractivity contribution in [3.8, 4) is 5.75 Å². The molecule has 0 bridgehead atoms. The summed E-state index contributed by atoms with van der Waals surface area (Å²) in [5.41, 5.74) is 34.9. The highest BCUT2D eigenvalue weighted by molar-refractivity contribution is 8.77. The molecular weight excluding hydrogens is 1120 g/mol. The van der Waals surface area contributed by atoms with E-state index in [0.29, 0.717) is 23.5 Å². The smallest absolute Gasteiger partial charge is 0.244 e. The predicted octanol–water partition coefficient (Wildman–Crippen LogP) is 0.292. The van der Waals surface area contributed by atoms with Gasteiger partial charge in [0, 0.05) is 42.9 Å². The Balaban J connectivity index is 1.61. The Bertz CT molecular complexity index is 2600. The number of rotatable bonds is 24. The molecule has 3 aliphatic rings. The van der Waals surface area contributed by atoms with Crippen molar-refractivity contribution in [2.75, 3.05) is 25.4 Å². The number of ether oxygens (including phenoxy) is 1. The van der Waals surface area contributed by atoms with Crippen molar-refractivity contribution >= 4 is 86.7 Å². The number of guanidine groups is 2. The molecule has 1 heterocycles. The number of nitrogens with one attached hydrogen (secondary N) is 7. The normalized spacial score (nSPS) is 22.1. The zero-order chi connectivity index (χ0) is 61.3. The molecule has 0 aromatic heterocycles. The standard InChI is InChI=1S/C57H87N15O10S2/c1-4-82-38-24-22-35(23-25-38)29-41-50(77)69-42(28-34-14-6-5-7-15-34)52(79)72-47(33(2)3)54(81)70-43(30-45(58)73)51(78)71-44(32-83-84-57(31-46(74)66-41,36-16-8-9-17-36)37-18-10-11-19-37)53(80)68-40(21-13-27-65-56(62)63)49(76)67-39(48(59)75)20-12-26-64-55(60)61/h5-7,14-15,22-25,33,36-37,39-44,47H,4,8-13,16-21,26-32H2,1-3H3,(H2,58,73)(H2,59,75)(H,66,74)(H,67,76)(H,68,80)(H,69,77)(H,70,81)(H,71,78)(H,72,79)(H4,60,61,64)(H4,62,63,65)/t39-,40+,41+,42+,43+,44+,47+/m1/s1. The monoisotopic (exact) mass is 1210 g/mol. The Morgan fingerprint density at radius 2 is 1.18 bits per heavy atom. The average molecular weight is 1210 g/mol. The van der Waals surface area contributed by atoms with E-state index in [2.05, 4.69) is 47.2 Å². The van der Waals surface area contributed by atoms with Crippen LogP contribution in [0.25, 0.3) is 0 Å². The molecule has 2 aromatic carbocycles. The summed E-state index contributed by atoms with van der Waals surface area (Å²) >= 11 is 0. The third-order valence-electron chi connectivity index (χ3n) is 15.3. The van der Waals surface area contributed by atoms with Crippen LogP contribution in [0.3, 0.4) is 0 Å². The van der Waals surface area contributed by atoms with Gasteiger partial charge in [0.25, 0.3) is 0 Å². The molecule has 5 rings (SSSR count). The van der Waals surface area contributed by atoms with Crippen molar-refractivity contribution in [2.45, 2.75) is 171 Å². The maximum absolute atomic E-state index is 15.1. The van der Waals surface area contributed by atoms with Crippen molar-refractivity contribution in [1.82, 2.24) is 37.2 Å². The molecule has 27 heteroatoms. The summed E-state index contributed by atoms with van der Waals surface area (Å²) in [7, 11) is 2.71. The number of primary amides is 2. The van der Waals surface area contributed by atoms with Crippen LogP contribution in [0.2, 0.25) is 0 Å². The minimum atomic E-state index is -1.69. The number of nitrogens with zero attached hydrogens (tertiary/aromatic N) is 2. The Labute approximate surface area is 499 Å². The highest BCUT2D eigenvalue weighted by atomic mass is 33.1. The first-order valence-electron chi connectivity index (χ1n) is 28.9. The zero-order valence-electron chi connectivity index (χ0n) is 48.4. The van der Waals surface area contributed by atoms with Crippen LogP contribution in [0.1, 0.15) is 122 Å². The largest absolute Gasteiger partial charge is 0.494 e. The summed E-state index contributed by atoms with van der Waals surface area (Å²) in [5.74, 6) is -7.71. The topological polar surface area (TPSA) is 428 Å². The maximum atomic E-state index is 15.1. The van der Waals surface area contributed by atoms with Crippen LogP contribution < -0.4 is 76.4 Å². The third kappa shape index (κ3) is 21.4. The summed E-state index contributed by atoms with van der Waals surface area (Å²) in [4.78, 5) is 136. The molecule has 2 aromatic rings. The van der Waals surface area contributed by atoms with E-state index in [1.54, 1.807) is 56.3 Å². The summed E-state index contributed by atoms with van der Waals surface area (Å²) in [6.07, 6.45) is 6.60. The van der Waals surface area contributed by atoms with Crippen molar-refractivity contribution in [2.24, 2.45) is 62.1 Å². The molecule has 0 spiro atoms. The molecule has 3 fully saturated rings. The van der Waals surface area contributed by atoms with Crippen molar-refractivity contribution < 1.29 is 47.9 Å². The fourth-order valence-corrected chi connectivity index (χ4v) is 14.9. The molecule has 462 valence electrons.